The van der Waals surface area contributed by atoms with Crippen LogP contribution in [0, 0.1) is 31.1 Å². The highest BCUT2D eigenvalue weighted by molar-refractivity contribution is 7.99. The van der Waals surface area contributed by atoms with Crippen molar-refractivity contribution in [1.82, 2.24) is 14.8 Å². The number of nitrogens with one attached hydrogen (secondary N) is 1. The Hall–Kier alpha value is -2.41. The van der Waals surface area contributed by atoms with Gasteiger partial charge in [0.2, 0.25) is 5.91 Å². The molecule has 0 spiro atoms. The van der Waals surface area contributed by atoms with E-state index in [9.17, 15) is 10.1 Å². The number of hydrogen-bond acceptors (Lipinski definition) is 7. The fraction of sp³-hybridized carbons (Fsp3) is 0.391. The Bertz CT molecular complexity index is 1210. The Kier molecular flexibility index (Phi) is 6.84. The van der Waals surface area contributed by atoms with Crippen molar-refractivity contribution in [3.05, 3.63) is 44.5 Å². The van der Waals surface area contributed by atoms with E-state index >= 15 is 0 Å². The number of aromatic nitrogens is 3. The van der Waals surface area contributed by atoms with Gasteiger partial charge in [-0.1, -0.05) is 24.8 Å². The largest absolute Gasteiger partial charge is 0.316 e. The van der Waals surface area contributed by atoms with E-state index < -0.39 is 0 Å². The van der Waals surface area contributed by atoms with Gasteiger partial charge in [0.15, 0.2) is 11.0 Å². The van der Waals surface area contributed by atoms with E-state index in [-0.39, 0.29) is 11.7 Å². The first-order valence-corrected chi connectivity index (χ1v) is 13.2. The molecule has 0 saturated carbocycles. The number of carbonyl (C=O) groups excluding carboxylic acids is 1. The van der Waals surface area contributed by atoms with Crippen LogP contribution < -0.4 is 5.32 Å². The number of thiophene rings is 2. The first kappa shape index (κ1) is 22.8. The van der Waals surface area contributed by atoms with Crippen LogP contribution in [0.2, 0.25) is 0 Å². The standard InChI is InChI=1S/C23H25N5OS3/c1-5-8-28-21(18-11-30-15(4)14(18)3)26-27-23(28)31-12-20(29)25-22-17(10-24)16-7-6-13(2)9-19(16)32-22/h5,11,13H,1,6-9,12H2,2-4H3,(H,25,29). The molecule has 3 heterocycles. The maximum Gasteiger partial charge on any atom is 0.235 e. The molecule has 1 atom stereocenters. The smallest absolute Gasteiger partial charge is 0.235 e. The molecule has 9 heteroatoms. The van der Waals surface area contributed by atoms with Crippen molar-refractivity contribution in [1.29, 1.82) is 5.26 Å². The molecule has 1 unspecified atom stereocenters. The molecule has 3 aromatic rings. The highest BCUT2D eigenvalue weighted by atomic mass is 32.2. The molecule has 1 N–H and O–H groups in total. The molecule has 32 heavy (non-hydrogen) atoms. The minimum absolute atomic E-state index is 0.143. The number of nitriles is 1. The van der Waals surface area contributed by atoms with Crippen molar-refractivity contribution >= 4 is 45.3 Å². The number of anilines is 1. The maximum atomic E-state index is 12.7. The van der Waals surface area contributed by atoms with E-state index in [1.165, 1.54) is 27.1 Å². The van der Waals surface area contributed by atoms with E-state index in [4.69, 9.17) is 0 Å². The second kappa shape index (κ2) is 9.61. The minimum Gasteiger partial charge on any atom is -0.316 e. The van der Waals surface area contributed by atoms with E-state index in [2.05, 4.69) is 54.3 Å². The molecule has 0 fully saturated rings. The average Bonchev–Trinajstić information content (AvgIpc) is 3.42. The van der Waals surface area contributed by atoms with Crippen LogP contribution in [0.15, 0.2) is 23.2 Å². The van der Waals surface area contributed by atoms with Crippen molar-refractivity contribution < 1.29 is 4.79 Å². The van der Waals surface area contributed by atoms with E-state index in [1.807, 2.05) is 10.6 Å². The Labute approximate surface area is 200 Å². The fourth-order valence-electron chi connectivity index (χ4n) is 3.87. The Balaban J connectivity index is 1.49. The molecule has 1 aliphatic rings. The highest BCUT2D eigenvalue weighted by Crippen LogP contribution is 2.39. The van der Waals surface area contributed by atoms with Gasteiger partial charge < -0.3 is 5.32 Å². The van der Waals surface area contributed by atoms with Gasteiger partial charge in [0.25, 0.3) is 0 Å². The van der Waals surface area contributed by atoms with E-state index in [0.717, 1.165) is 36.2 Å². The summed E-state index contributed by atoms with van der Waals surface area (Å²) in [4.78, 5) is 15.2. The molecule has 0 bridgehead atoms. The number of hydrogen-bond donors (Lipinski definition) is 1. The zero-order valence-electron chi connectivity index (χ0n) is 18.4. The topological polar surface area (TPSA) is 83.6 Å². The molecular formula is C23H25N5OS3. The first-order chi connectivity index (χ1) is 15.4. The van der Waals surface area contributed by atoms with Crippen molar-refractivity contribution in [2.75, 3.05) is 11.1 Å². The van der Waals surface area contributed by atoms with Gasteiger partial charge in [-0.3, -0.25) is 9.36 Å². The van der Waals surface area contributed by atoms with Crippen LogP contribution in [-0.2, 0) is 24.2 Å². The lowest BCUT2D eigenvalue weighted by Crippen LogP contribution is -2.15. The summed E-state index contributed by atoms with van der Waals surface area (Å²) in [6.45, 7) is 10.8. The highest BCUT2D eigenvalue weighted by Gasteiger charge is 2.25. The van der Waals surface area contributed by atoms with Crippen LogP contribution in [0.25, 0.3) is 11.4 Å². The Morgan fingerprint density at radius 3 is 2.97 bits per heavy atom. The molecule has 1 aliphatic carbocycles. The number of amides is 1. The summed E-state index contributed by atoms with van der Waals surface area (Å²) in [5, 5.41) is 24.8. The summed E-state index contributed by atoms with van der Waals surface area (Å²) >= 11 is 4.59. The predicted molar refractivity (Wildman–Crippen MR) is 133 cm³/mol. The van der Waals surface area contributed by atoms with Gasteiger partial charge in [-0.25, -0.2) is 0 Å². The van der Waals surface area contributed by atoms with Crippen molar-refractivity contribution in [2.45, 2.75) is 51.7 Å². The van der Waals surface area contributed by atoms with Gasteiger partial charge >= 0.3 is 0 Å². The van der Waals surface area contributed by atoms with Crippen LogP contribution >= 0.6 is 34.4 Å². The normalized spacial score (nSPS) is 15.2. The Morgan fingerprint density at radius 2 is 2.28 bits per heavy atom. The molecule has 166 valence electrons. The van der Waals surface area contributed by atoms with Crippen molar-refractivity contribution in [3.8, 4) is 17.5 Å². The lowest BCUT2D eigenvalue weighted by molar-refractivity contribution is -0.113. The molecule has 0 aromatic carbocycles. The van der Waals surface area contributed by atoms with Gasteiger partial charge in [-0.2, -0.15) is 5.26 Å². The van der Waals surface area contributed by atoms with E-state index in [0.29, 0.717) is 28.2 Å². The second-order valence-corrected chi connectivity index (χ2v) is 11.2. The third-order valence-electron chi connectivity index (χ3n) is 5.76. The van der Waals surface area contributed by atoms with Crippen LogP contribution in [0.4, 0.5) is 5.00 Å². The zero-order chi connectivity index (χ0) is 22.8. The number of carbonyl (C=O) groups is 1. The minimum atomic E-state index is -0.143. The van der Waals surface area contributed by atoms with Gasteiger partial charge in [0.05, 0.1) is 11.3 Å². The maximum absolute atomic E-state index is 12.7. The lowest BCUT2D eigenvalue weighted by atomic mass is 9.89. The van der Waals surface area contributed by atoms with E-state index in [1.54, 1.807) is 22.7 Å². The van der Waals surface area contributed by atoms with Gasteiger partial charge in [-0.05, 0) is 50.2 Å². The summed E-state index contributed by atoms with van der Waals surface area (Å²) in [6.07, 6.45) is 4.79. The number of nitrogens with zero attached hydrogens (tertiary/aromatic N) is 4. The Morgan fingerprint density at radius 1 is 1.47 bits per heavy atom. The van der Waals surface area contributed by atoms with Gasteiger partial charge in [0, 0.05) is 27.2 Å². The summed E-state index contributed by atoms with van der Waals surface area (Å²) in [5.41, 5.74) is 4.02. The van der Waals surface area contributed by atoms with Crippen LogP contribution in [0.5, 0.6) is 0 Å². The predicted octanol–water partition coefficient (Wildman–Crippen LogP) is 5.60. The van der Waals surface area contributed by atoms with Crippen molar-refractivity contribution in [2.24, 2.45) is 5.92 Å². The van der Waals surface area contributed by atoms with Crippen LogP contribution in [-0.4, -0.2) is 26.4 Å². The fourth-order valence-corrected chi connectivity index (χ4v) is 6.86. The molecule has 0 radical (unpaired) electrons. The zero-order valence-corrected chi connectivity index (χ0v) is 20.8. The first-order valence-electron chi connectivity index (χ1n) is 10.5. The second-order valence-electron chi connectivity index (χ2n) is 8.04. The van der Waals surface area contributed by atoms with Gasteiger partial charge in [0.1, 0.15) is 11.1 Å². The average molecular weight is 484 g/mol. The summed E-state index contributed by atoms with van der Waals surface area (Å²) in [7, 11) is 0. The SMILES string of the molecule is C=CCn1c(SCC(=O)Nc2sc3c(c2C#N)CCC(C)C3)nnc1-c1csc(C)c1C. The van der Waals surface area contributed by atoms with Crippen molar-refractivity contribution in [3.63, 3.8) is 0 Å². The summed E-state index contributed by atoms with van der Waals surface area (Å²) in [5.74, 6) is 1.46. The molecule has 6 nitrogen and oxygen atoms in total. The molecule has 0 saturated heterocycles. The molecule has 3 aromatic heterocycles. The lowest BCUT2D eigenvalue weighted by Gasteiger charge is -2.17. The molecule has 4 rings (SSSR count). The third-order valence-corrected chi connectivity index (χ3v) is 8.91. The van der Waals surface area contributed by atoms with Gasteiger partial charge in [-0.15, -0.1) is 39.4 Å². The summed E-state index contributed by atoms with van der Waals surface area (Å²) < 4.78 is 1.99. The number of aryl methyl sites for hydroxylation is 1. The third kappa shape index (κ3) is 4.40. The quantitative estimate of drug-likeness (QED) is 0.349. The number of rotatable bonds is 7. The number of allylic oxidation sites excluding steroid dienone is 1. The summed E-state index contributed by atoms with van der Waals surface area (Å²) in [6, 6.07) is 2.30. The molecular weight excluding hydrogens is 458 g/mol. The monoisotopic (exact) mass is 483 g/mol. The van der Waals surface area contributed by atoms with Crippen LogP contribution in [0.1, 0.15) is 39.8 Å². The molecule has 1 amide bonds. The molecule has 0 aliphatic heterocycles. The number of fused-ring (bicyclic) bond motifs is 1. The van der Waals surface area contributed by atoms with Crippen LogP contribution in [0.3, 0.4) is 0 Å². The number of thioether (sulfide) groups is 1.